The molecule has 0 spiro atoms. The second kappa shape index (κ2) is 11.1. The SMILES string of the molecule is COc1ccc(C(=O)N/N=C\c2cc(I)c(OCc3cccc4ccccc34)c(OC)c2)c(O)c1. The number of phenols is 1. The van der Waals surface area contributed by atoms with Crippen LogP contribution in [0.5, 0.6) is 23.0 Å². The van der Waals surface area contributed by atoms with E-state index in [1.807, 2.05) is 30.3 Å². The summed E-state index contributed by atoms with van der Waals surface area (Å²) in [4.78, 5) is 12.3. The van der Waals surface area contributed by atoms with Gasteiger partial charge in [-0.15, -0.1) is 0 Å². The summed E-state index contributed by atoms with van der Waals surface area (Å²) in [6, 6.07) is 22.4. The van der Waals surface area contributed by atoms with E-state index in [1.54, 1.807) is 19.2 Å². The molecule has 0 aliphatic carbocycles. The molecule has 4 aromatic carbocycles. The summed E-state index contributed by atoms with van der Waals surface area (Å²) < 4.78 is 17.6. The Bertz CT molecular complexity index is 1400. The minimum atomic E-state index is -0.543. The van der Waals surface area contributed by atoms with Crippen LogP contribution in [-0.2, 0) is 6.61 Å². The Morgan fingerprint density at radius 1 is 1.03 bits per heavy atom. The van der Waals surface area contributed by atoms with Crippen molar-refractivity contribution < 1.29 is 24.1 Å². The van der Waals surface area contributed by atoms with Crippen LogP contribution in [0, 0.1) is 3.57 Å². The summed E-state index contributed by atoms with van der Waals surface area (Å²) in [6.07, 6.45) is 1.50. The fourth-order valence-corrected chi connectivity index (χ4v) is 4.36. The molecule has 0 heterocycles. The fraction of sp³-hybridized carbons (Fsp3) is 0.111. The molecule has 0 saturated carbocycles. The van der Waals surface area contributed by atoms with E-state index in [4.69, 9.17) is 14.2 Å². The lowest BCUT2D eigenvalue weighted by atomic mass is 10.1. The van der Waals surface area contributed by atoms with Gasteiger partial charge in [0.1, 0.15) is 18.1 Å². The van der Waals surface area contributed by atoms with E-state index in [0.717, 1.165) is 19.9 Å². The lowest BCUT2D eigenvalue weighted by Crippen LogP contribution is -2.17. The quantitative estimate of drug-likeness (QED) is 0.163. The van der Waals surface area contributed by atoms with Gasteiger partial charge in [0.25, 0.3) is 5.91 Å². The minimum Gasteiger partial charge on any atom is -0.507 e. The van der Waals surface area contributed by atoms with Gasteiger partial charge >= 0.3 is 0 Å². The second-order valence-corrected chi connectivity index (χ2v) is 8.71. The average molecular weight is 582 g/mol. The van der Waals surface area contributed by atoms with Crippen LogP contribution in [-0.4, -0.2) is 31.4 Å². The predicted molar refractivity (Wildman–Crippen MR) is 144 cm³/mol. The Morgan fingerprint density at radius 3 is 2.60 bits per heavy atom. The van der Waals surface area contributed by atoms with Crippen LogP contribution in [0.1, 0.15) is 21.5 Å². The maximum absolute atomic E-state index is 12.3. The molecule has 0 radical (unpaired) electrons. The Hall–Kier alpha value is -3.79. The first-order valence-corrected chi connectivity index (χ1v) is 11.8. The molecule has 8 heteroatoms. The van der Waals surface area contributed by atoms with E-state index in [-0.39, 0.29) is 11.3 Å². The van der Waals surface area contributed by atoms with Crippen molar-refractivity contribution >= 4 is 45.5 Å². The fourth-order valence-electron chi connectivity index (χ4n) is 3.58. The van der Waals surface area contributed by atoms with E-state index in [0.29, 0.717) is 29.4 Å². The van der Waals surface area contributed by atoms with Crippen LogP contribution in [0.25, 0.3) is 10.8 Å². The number of nitrogens with zero attached hydrogens (tertiary/aromatic N) is 1. The van der Waals surface area contributed by atoms with Crippen molar-refractivity contribution in [3.05, 3.63) is 93.1 Å². The van der Waals surface area contributed by atoms with Crippen molar-refractivity contribution in [1.82, 2.24) is 5.43 Å². The molecule has 0 fully saturated rings. The number of aromatic hydroxyl groups is 1. The standard InChI is InChI=1S/C27H23IN2O5/c1-33-20-10-11-22(24(31)14-20)27(32)30-29-15-17-12-23(28)26(25(13-17)34-2)35-16-19-8-5-7-18-6-3-4-9-21(18)19/h3-15,31H,16H2,1-2H3,(H,30,32)/b29-15-. The summed E-state index contributed by atoms with van der Waals surface area (Å²) in [7, 11) is 3.06. The Morgan fingerprint density at radius 2 is 1.83 bits per heavy atom. The van der Waals surface area contributed by atoms with Gasteiger partial charge in [-0.2, -0.15) is 5.10 Å². The molecular formula is C27H23IN2O5. The largest absolute Gasteiger partial charge is 0.507 e. The highest BCUT2D eigenvalue weighted by Crippen LogP contribution is 2.34. The first kappa shape index (κ1) is 24.3. The van der Waals surface area contributed by atoms with Gasteiger partial charge < -0.3 is 19.3 Å². The number of hydrazone groups is 1. The zero-order valence-electron chi connectivity index (χ0n) is 19.1. The molecule has 178 valence electrons. The third kappa shape index (κ3) is 5.65. The molecule has 0 aliphatic heterocycles. The maximum atomic E-state index is 12.3. The molecular weight excluding hydrogens is 559 g/mol. The van der Waals surface area contributed by atoms with Crippen LogP contribution in [0.3, 0.4) is 0 Å². The van der Waals surface area contributed by atoms with Crippen molar-refractivity contribution in [1.29, 1.82) is 0 Å². The number of fused-ring (bicyclic) bond motifs is 1. The van der Waals surface area contributed by atoms with Gasteiger partial charge in [-0.05, 0) is 68.8 Å². The Kier molecular flexibility index (Phi) is 7.71. The highest BCUT2D eigenvalue weighted by atomic mass is 127. The third-order valence-corrected chi connectivity index (χ3v) is 6.13. The monoisotopic (exact) mass is 582 g/mol. The zero-order chi connectivity index (χ0) is 24.8. The number of carbonyl (C=O) groups is 1. The van der Waals surface area contributed by atoms with Gasteiger partial charge in [-0.25, -0.2) is 5.43 Å². The molecule has 4 aromatic rings. The molecule has 4 rings (SSSR count). The first-order chi connectivity index (χ1) is 17.0. The van der Waals surface area contributed by atoms with E-state index < -0.39 is 5.91 Å². The average Bonchev–Trinajstić information content (AvgIpc) is 2.87. The second-order valence-electron chi connectivity index (χ2n) is 7.54. The minimum absolute atomic E-state index is 0.0901. The summed E-state index contributed by atoms with van der Waals surface area (Å²) in [6.45, 7) is 0.391. The molecule has 0 atom stereocenters. The van der Waals surface area contributed by atoms with Crippen LogP contribution < -0.4 is 19.6 Å². The number of amides is 1. The number of carbonyl (C=O) groups excluding carboxylic acids is 1. The van der Waals surface area contributed by atoms with Gasteiger partial charge in [0.05, 0.1) is 29.6 Å². The van der Waals surface area contributed by atoms with Crippen LogP contribution in [0.15, 0.2) is 77.9 Å². The van der Waals surface area contributed by atoms with Gasteiger partial charge in [0.15, 0.2) is 11.5 Å². The lowest BCUT2D eigenvalue weighted by molar-refractivity contribution is 0.0952. The zero-order valence-corrected chi connectivity index (χ0v) is 21.3. The smallest absolute Gasteiger partial charge is 0.275 e. The van der Waals surface area contributed by atoms with Gasteiger partial charge in [-0.3, -0.25) is 4.79 Å². The molecule has 1 amide bonds. The number of hydrogen-bond donors (Lipinski definition) is 2. The Labute approximate surface area is 216 Å². The molecule has 0 unspecified atom stereocenters. The van der Waals surface area contributed by atoms with Crippen molar-refractivity contribution in [2.75, 3.05) is 14.2 Å². The summed E-state index contributed by atoms with van der Waals surface area (Å²) in [5, 5.41) is 16.3. The number of hydrogen-bond acceptors (Lipinski definition) is 6. The molecule has 7 nitrogen and oxygen atoms in total. The van der Waals surface area contributed by atoms with Crippen LogP contribution in [0.2, 0.25) is 0 Å². The van der Waals surface area contributed by atoms with E-state index in [1.165, 1.54) is 25.5 Å². The molecule has 2 N–H and O–H groups in total. The predicted octanol–water partition coefficient (Wildman–Crippen LogP) is 5.51. The molecule has 35 heavy (non-hydrogen) atoms. The maximum Gasteiger partial charge on any atom is 0.275 e. The number of halogens is 1. The molecule has 0 saturated heterocycles. The van der Waals surface area contributed by atoms with Crippen molar-refractivity contribution in [3.63, 3.8) is 0 Å². The van der Waals surface area contributed by atoms with E-state index in [2.05, 4.69) is 51.3 Å². The number of benzene rings is 4. The van der Waals surface area contributed by atoms with E-state index >= 15 is 0 Å². The van der Waals surface area contributed by atoms with Gasteiger partial charge in [0.2, 0.25) is 0 Å². The molecule has 0 aromatic heterocycles. The highest BCUT2D eigenvalue weighted by molar-refractivity contribution is 14.1. The number of ether oxygens (including phenoxy) is 3. The topological polar surface area (TPSA) is 89.4 Å². The number of methoxy groups -OCH3 is 2. The van der Waals surface area contributed by atoms with Crippen LogP contribution >= 0.6 is 22.6 Å². The van der Waals surface area contributed by atoms with Gasteiger partial charge in [0, 0.05) is 6.07 Å². The first-order valence-electron chi connectivity index (χ1n) is 10.7. The van der Waals surface area contributed by atoms with Crippen molar-refractivity contribution in [2.45, 2.75) is 6.61 Å². The van der Waals surface area contributed by atoms with Crippen molar-refractivity contribution in [2.24, 2.45) is 5.10 Å². The Balaban J connectivity index is 1.47. The number of phenolic OH excluding ortho intramolecular Hbond substituents is 1. The summed E-state index contributed by atoms with van der Waals surface area (Å²) >= 11 is 2.18. The summed E-state index contributed by atoms with van der Waals surface area (Å²) in [5.41, 5.74) is 4.30. The van der Waals surface area contributed by atoms with Gasteiger partial charge in [-0.1, -0.05) is 42.5 Å². The third-order valence-electron chi connectivity index (χ3n) is 5.33. The molecule has 0 bridgehead atoms. The summed E-state index contributed by atoms with van der Waals surface area (Å²) in [5.74, 6) is 0.897. The number of rotatable bonds is 8. The normalized spacial score (nSPS) is 10.9. The van der Waals surface area contributed by atoms with Crippen LogP contribution in [0.4, 0.5) is 0 Å². The molecule has 0 aliphatic rings. The van der Waals surface area contributed by atoms with E-state index in [9.17, 15) is 9.90 Å². The van der Waals surface area contributed by atoms with Crippen molar-refractivity contribution in [3.8, 4) is 23.0 Å². The lowest BCUT2D eigenvalue weighted by Gasteiger charge is -2.14. The highest BCUT2D eigenvalue weighted by Gasteiger charge is 2.14. The number of nitrogens with one attached hydrogen (secondary N) is 1.